The molecule has 0 radical (unpaired) electrons. The highest BCUT2D eigenvalue weighted by Gasteiger charge is 2.15. The third-order valence-corrected chi connectivity index (χ3v) is 4.97. The minimum atomic E-state index is 0.197. The van der Waals surface area contributed by atoms with Gasteiger partial charge in [-0.15, -0.1) is 0 Å². The van der Waals surface area contributed by atoms with Gasteiger partial charge < -0.3 is 5.73 Å². The van der Waals surface area contributed by atoms with Crippen molar-refractivity contribution < 1.29 is 0 Å². The topological polar surface area (TPSA) is 78.8 Å². The highest BCUT2D eigenvalue weighted by molar-refractivity contribution is 9.10. The summed E-state index contributed by atoms with van der Waals surface area (Å²) >= 11 is 3.59. The predicted octanol–water partition coefficient (Wildman–Crippen LogP) is 5.20. The summed E-state index contributed by atoms with van der Waals surface area (Å²) in [6.07, 6.45) is 0. The van der Waals surface area contributed by atoms with Gasteiger partial charge in [-0.3, -0.25) is 3.93 Å². The van der Waals surface area contributed by atoms with Crippen molar-refractivity contribution in [2.24, 2.45) is 0 Å². The van der Waals surface area contributed by atoms with E-state index in [1.54, 1.807) is 9.99 Å². The molecule has 5 nitrogen and oxygen atoms in total. The lowest BCUT2D eigenvalue weighted by molar-refractivity contribution is 1.21. The van der Waals surface area contributed by atoms with Gasteiger partial charge in [0, 0.05) is 5.39 Å². The van der Waals surface area contributed by atoms with Crippen LogP contribution in [0, 0.1) is 11.3 Å². The van der Waals surface area contributed by atoms with E-state index in [4.69, 9.17) is 5.73 Å². The van der Waals surface area contributed by atoms with E-state index in [1.165, 1.54) is 0 Å². The predicted molar refractivity (Wildman–Crippen MR) is 112 cm³/mol. The maximum Gasteiger partial charge on any atom is 0.222 e. The molecule has 0 aliphatic carbocycles. The zero-order chi connectivity index (χ0) is 18.8. The summed E-state index contributed by atoms with van der Waals surface area (Å²) in [7, 11) is 0. The molecular weight excluding hydrogens is 402 g/mol. The van der Waals surface area contributed by atoms with E-state index in [0.717, 1.165) is 27.7 Å². The van der Waals surface area contributed by atoms with Crippen LogP contribution >= 0.6 is 16.1 Å². The average Bonchev–Trinajstić information content (AvgIpc) is 2.73. The molecule has 0 amide bonds. The molecule has 27 heavy (non-hydrogen) atoms. The highest BCUT2D eigenvalue weighted by atomic mass is 79.9. The molecule has 3 aromatic carbocycles. The number of para-hydroxylation sites is 1. The van der Waals surface area contributed by atoms with Crippen LogP contribution in [0.4, 0.5) is 17.5 Å². The largest absolute Gasteiger partial charge is 0.368 e. The molecule has 0 fully saturated rings. The lowest BCUT2D eigenvalue weighted by Gasteiger charge is -2.18. The molecule has 0 saturated carbocycles. The van der Waals surface area contributed by atoms with Gasteiger partial charge in [0.25, 0.3) is 0 Å². The molecule has 1 aromatic heterocycles. The number of nitriles is 1. The summed E-state index contributed by atoms with van der Waals surface area (Å²) in [6, 6.07) is 25.4. The van der Waals surface area contributed by atoms with E-state index in [-0.39, 0.29) is 5.95 Å². The van der Waals surface area contributed by atoms with Crippen LogP contribution in [-0.4, -0.2) is 9.97 Å². The smallest absolute Gasteiger partial charge is 0.222 e. The number of nitrogens with two attached hydrogens (primary N) is 1. The SMILES string of the molecule is N#Cc1ccccc1-c1ccc2nc(N)nc(N(Br)c3ccccc3)c2c1. The van der Waals surface area contributed by atoms with Gasteiger partial charge in [0.15, 0.2) is 5.82 Å². The first-order chi connectivity index (χ1) is 13.2. The molecule has 4 rings (SSSR count). The lowest BCUT2D eigenvalue weighted by atomic mass is 9.99. The van der Waals surface area contributed by atoms with Crippen LogP contribution in [0.2, 0.25) is 0 Å². The molecule has 0 saturated heterocycles. The Balaban J connectivity index is 1.93. The van der Waals surface area contributed by atoms with Gasteiger partial charge in [0.2, 0.25) is 5.95 Å². The first-order valence-electron chi connectivity index (χ1n) is 8.25. The van der Waals surface area contributed by atoms with E-state index in [1.807, 2.05) is 66.7 Å². The van der Waals surface area contributed by atoms with Gasteiger partial charge in [-0.1, -0.05) is 42.5 Å². The minimum absolute atomic E-state index is 0.197. The normalized spacial score (nSPS) is 10.5. The van der Waals surface area contributed by atoms with Gasteiger partial charge in [0.05, 0.1) is 39.0 Å². The number of rotatable bonds is 3. The summed E-state index contributed by atoms with van der Waals surface area (Å²) in [5, 5.41) is 10.2. The molecule has 4 aromatic rings. The maximum atomic E-state index is 9.41. The summed E-state index contributed by atoms with van der Waals surface area (Å²) in [6.45, 7) is 0. The van der Waals surface area contributed by atoms with E-state index < -0.39 is 0 Å². The van der Waals surface area contributed by atoms with E-state index in [2.05, 4.69) is 32.2 Å². The second-order valence-electron chi connectivity index (χ2n) is 5.91. The van der Waals surface area contributed by atoms with Crippen molar-refractivity contribution >= 4 is 44.5 Å². The fourth-order valence-electron chi connectivity index (χ4n) is 2.96. The maximum absolute atomic E-state index is 9.41. The second kappa shape index (κ2) is 7.06. The van der Waals surface area contributed by atoms with Crippen LogP contribution in [0.5, 0.6) is 0 Å². The Morgan fingerprint density at radius 2 is 1.67 bits per heavy atom. The van der Waals surface area contributed by atoms with Crippen molar-refractivity contribution in [3.63, 3.8) is 0 Å². The van der Waals surface area contributed by atoms with Gasteiger partial charge >= 0.3 is 0 Å². The summed E-state index contributed by atoms with van der Waals surface area (Å²) in [5.74, 6) is 0.836. The lowest BCUT2D eigenvalue weighted by Crippen LogP contribution is -2.07. The molecular formula is C21H14BrN5. The number of fused-ring (bicyclic) bond motifs is 1. The average molecular weight is 416 g/mol. The fraction of sp³-hybridized carbons (Fsp3) is 0. The third-order valence-electron chi connectivity index (χ3n) is 4.22. The Hall–Kier alpha value is -3.43. The zero-order valence-electron chi connectivity index (χ0n) is 14.2. The molecule has 1 heterocycles. The highest BCUT2D eigenvalue weighted by Crippen LogP contribution is 2.35. The molecule has 2 N–H and O–H groups in total. The van der Waals surface area contributed by atoms with Gasteiger partial charge in [-0.05, 0) is 41.5 Å². The van der Waals surface area contributed by atoms with Crippen LogP contribution in [0.25, 0.3) is 22.0 Å². The molecule has 6 heteroatoms. The fourth-order valence-corrected chi connectivity index (χ4v) is 3.47. The van der Waals surface area contributed by atoms with Gasteiger partial charge in [-0.25, -0.2) is 4.98 Å². The molecule has 0 aliphatic rings. The van der Waals surface area contributed by atoms with Crippen molar-refractivity contribution in [3.8, 4) is 17.2 Å². The number of aromatic nitrogens is 2. The van der Waals surface area contributed by atoms with Crippen molar-refractivity contribution in [2.45, 2.75) is 0 Å². The van der Waals surface area contributed by atoms with Crippen LogP contribution in [0.1, 0.15) is 5.56 Å². The summed E-state index contributed by atoms with van der Waals surface area (Å²) < 4.78 is 1.80. The quantitative estimate of drug-likeness (QED) is 0.465. The summed E-state index contributed by atoms with van der Waals surface area (Å²) in [4.78, 5) is 8.78. The van der Waals surface area contributed by atoms with E-state index in [9.17, 15) is 5.26 Å². The molecule has 130 valence electrons. The first kappa shape index (κ1) is 17.0. The zero-order valence-corrected chi connectivity index (χ0v) is 15.8. The Bertz CT molecular complexity index is 1170. The van der Waals surface area contributed by atoms with Gasteiger partial charge in [-0.2, -0.15) is 10.2 Å². The number of hydrogen-bond acceptors (Lipinski definition) is 5. The monoisotopic (exact) mass is 415 g/mol. The number of benzene rings is 3. The van der Waals surface area contributed by atoms with Crippen molar-refractivity contribution in [2.75, 3.05) is 9.66 Å². The number of anilines is 3. The molecule has 0 unspecified atom stereocenters. The standard InChI is InChI=1S/C21H14BrN5/c22-27(16-7-2-1-3-8-16)20-18-12-14(10-11-19(18)25-21(24)26-20)17-9-5-4-6-15(17)13-23/h1-12H,(H2,24,25,26). The van der Waals surface area contributed by atoms with Crippen LogP contribution in [0.3, 0.4) is 0 Å². The number of nitrogen functional groups attached to an aromatic ring is 1. The minimum Gasteiger partial charge on any atom is -0.368 e. The molecule has 0 aliphatic heterocycles. The molecule has 0 spiro atoms. The Labute approximate surface area is 165 Å². The Morgan fingerprint density at radius 3 is 2.44 bits per heavy atom. The molecule has 0 bridgehead atoms. The number of halogens is 1. The summed E-state index contributed by atoms with van der Waals surface area (Å²) in [5.41, 5.74) is 9.98. The van der Waals surface area contributed by atoms with Crippen molar-refractivity contribution in [1.82, 2.24) is 9.97 Å². The van der Waals surface area contributed by atoms with Crippen LogP contribution in [0.15, 0.2) is 72.8 Å². The number of nitrogens with zero attached hydrogens (tertiary/aromatic N) is 4. The first-order valence-corrected chi connectivity index (χ1v) is 8.96. The Kier molecular flexibility index (Phi) is 4.45. The van der Waals surface area contributed by atoms with Crippen molar-refractivity contribution in [3.05, 3.63) is 78.4 Å². The van der Waals surface area contributed by atoms with E-state index >= 15 is 0 Å². The Morgan fingerprint density at radius 1 is 0.926 bits per heavy atom. The van der Waals surface area contributed by atoms with Gasteiger partial charge in [0.1, 0.15) is 0 Å². The number of hydrogen-bond donors (Lipinski definition) is 1. The molecule has 0 atom stereocenters. The third kappa shape index (κ3) is 3.21. The van der Waals surface area contributed by atoms with Crippen LogP contribution < -0.4 is 9.66 Å². The van der Waals surface area contributed by atoms with Crippen LogP contribution in [-0.2, 0) is 0 Å². The van der Waals surface area contributed by atoms with E-state index in [0.29, 0.717) is 11.4 Å². The van der Waals surface area contributed by atoms with Crippen molar-refractivity contribution in [1.29, 1.82) is 5.26 Å². The second-order valence-corrected chi connectivity index (χ2v) is 6.62.